The zero-order valence-corrected chi connectivity index (χ0v) is 39.2. The smallest absolute Gasteiger partial charge is 0.330 e. The van der Waals surface area contributed by atoms with Crippen molar-refractivity contribution in [2.24, 2.45) is 4.99 Å². The number of aromatic nitrogens is 5. The highest BCUT2D eigenvalue weighted by atomic mass is 35.5. The van der Waals surface area contributed by atoms with Gasteiger partial charge in [0.2, 0.25) is 5.91 Å². The first-order valence-corrected chi connectivity index (χ1v) is 22.3. The Balaban J connectivity index is 1.06. The number of methoxy groups -OCH3 is 2. The number of anilines is 1. The van der Waals surface area contributed by atoms with Gasteiger partial charge in [0, 0.05) is 46.4 Å². The van der Waals surface area contributed by atoms with Crippen molar-refractivity contribution >= 4 is 85.0 Å². The molecule has 1 aliphatic heterocycles. The molecule has 0 spiro atoms. The number of aryl methyl sites for hydroxylation is 2. The number of carbonyl (C=O) groups is 3. The first kappa shape index (κ1) is 46.0. The van der Waals surface area contributed by atoms with E-state index in [1.807, 2.05) is 45.0 Å². The van der Waals surface area contributed by atoms with Gasteiger partial charge in [0.05, 0.1) is 77.0 Å². The van der Waals surface area contributed by atoms with E-state index in [1.165, 1.54) is 23.5 Å². The van der Waals surface area contributed by atoms with Crippen LogP contribution in [0.3, 0.4) is 0 Å². The van der Waals surface area contributed by atoms with E-state index >= 15 is 0 Å². The lowest BCUT2D eigenvalue weighted by Gasteiger charge is -2.24. The van der Waals surface area contributed by atoms with Gasteiger partial charge in [0.15, 0.2) is 0 Å². The highest BCUT2D eigenvalue weighted by molar-refractivity contribution is 7.19. The number of imidazole rings is 1. The molecule has 2 unspecified atom stereocenters. The van der Waals surface area contributed by atoms with Crippen molar-refractivity contribution in [3.05, 3.63) is 121 Å². The van der Waals surface area contributed by atoms with Gasteiger partial charge in [-0.2, -0.15) is 0 Å². The number of esters is 1. The Kier molecular flexibility index (Phi) is 12.9. The number of amides is 2. The van der Waals surface area contributed by atoms with Crippen LogP contribution in [0.15, 0.2) is 81.3 Å². The third-order valence-corrected chi connectivity index (χ3v) is 13.1. The second-order valence-corrected chi connectivity index (χ2v) is 17.3. The molecule has 67 heavy (non-hydrogen) atoms. The topological polar surface area (TPSA) is 236 Å². The minimum Gasteiger partial charge on any atom is -0.496 e. The third kappa shape index (κ3) is 8.58. The monoisotopic (exact) mass is 943 g/mol. The number of nitrogens with one attached hydrogen (secondary N) is 4. The number of halogens is 1. The number of pyridine rings is 2. The molecule has 0 fully saturated rings. The molecule has 344 valence electrons. The number of nitrogens with zero attached hydrogens (tertiary/aromatic N) is 7. The maximum absolute atomic E-state index is 14.5. The van der Waals surface area contributed by atoms with Crippen molar-refractivity contribution in [3.63, 3.8) is 0 Å². The number of aliphatic imine (C=N–C) groups is 1. The summed E-state index contributed by atoms with van der Waals surface area (Å²) in [4.78, 5) is 70.4. The Morgan fingerprint density at radius 3 is 2.42 bits per heavy atom. The van der Waals surface area contributed by atoms with Crippen molar-refractivity contribution < 1.29 is 28.4 Å². The van der Waals surface area contributed by atoms with E-state index in [9.17, 15) is 19.2 Å². The average Bonchev–Trinajstić information content (AvgIpc) is 3.90. The van der Waals surface area contributed by atoms with Gasteiger partial charge >= 0.3 is 11.7 Å². The Morgan fingerprint density at radius 1 is 1.01 bits per heavy atom. The number of carbonyl (C=O) groups excluding carboxylic acids is 3. The van der Waals surface area contributed by atoms with Gasteiger partial charge in [0.1, 0.15) is 40.8 Å². The van der Waals surface area contributed by atoms with Gasteiger partial charge in [-0.15, -0.1) is 11.3 Å². The number of thiophene rings is 1. The summed E-state index contributed by atoms with van der Waals surface area (Å²) in [5.74, 6) is -0.508. The minimum atomic E-state index is -0.984. The number of benzene rings is 2. The van der Waals surface area contributed by atoms with Gasteiger partial charge in [-0.25, -0.2) is 4.79 Å². The van der Waals surface area contributed by atoms with Crippen molar-refractivity contribution in [1.82, 2.24) is 34.9 Å². The molecule has 7 aromatic rings. The van der Waals surface area contributed by atoms with Gasteiger partial charge in [-0.3, -0.25) is 54.2 Å². The molecule has 4 N–H and O–H groups in total. The molecule has 0 radical (unpaired) electrons. The Labute approximate surface area is 392 Å². The van der Waals surface area contributed by atoms with E-state index in [-0.39, 0.29) is 37.7 Å². The molecule has 0 bridgehead atoms. The summed E-state index contributed by atoms with van der Waals surface area (Å²) >= 11 is 7.31. The highest BCUT2D eigenvalue weighted by Crippen LogP contribution is 2.42. The van der Waals surface area contributed by atoms with Crippen molar-refractivity contribution in [1.29, 1.82) is 10.8 Å². The SMILES string of the molecule is COC(=O)CC1N=C(c2ccc(Cl)cc2)c2c(sc(C(=O)NCCNC(=O)Cn3c(=O)n(C(C)c4ccccn4)c4c5cc(OC)c(-c6c(C)noc6C)cc5ncc43)c2C)N(C(C)=N)C1=N. The van der Waals surface area contributed by atoms with E-state index < -0.39 is 35.6 Å². The van der Waals surface area contributed by atoms with E-state index in [4.69, 9.17) is 46.4 Å². The summed E-state index contributed by atoms with van der Waals surface area (Å²) in [7, 11) is 2.82. The Hall–Kier alpha value is -7.51. The predicted octanol–water partition coefficient (Wildman–Crippen LogP) is 6.77. The minimum absolute atomic E-state index is 0.0100. The molecular formula is C47H46ClN11O7S. The molecule has 6 heterocycles. The van der Waals surface area contributed by atoms with Crippen LogP contribution in [0.5, 0.6) is 5.75 Å². The summed E-state index contributed by atoms with van der Waals surface area (Å²) in [6, 6.07) is 14.6. The van der Waals surface area contributed by atoms with Crippen LogP contribution in [0.4, 0.5) is 5.00 Å². The maximum atomic E-state index is 14.5. The standard InChI is InChI=1S/C47H46ClN11O7S/c1-23-39-41(28-11-13-29(48)14-12-28)55-34(20-38(61)65-7)44(50)59(27(5)49)46(39)67-43(23)45(62)53-17-16-52-37(60)22-57-35-21-54-33-18-31(40-24(2)56-66-26(40)4)36(64-6)19-30(33)42(35)58(47(57)63)25(3)32-10-8-9-15-51-32/h8-15,18-19,21,25,34,49-50H,16-17,20,22H2,1-7H3,(H,52,60)(H,53,62). The van der Waals surface area contributed by atoms with Crippen LogP contribution < -0.4 is 26.0 Å². The molecule has 5 aromatic heterocycles. The van der Waals surface area contributed by atoms with Crippen molar-refractivity contribution in [3.8, 4) is 16.9 Å². The molecule has 0 saturated heterocycles. The maximum Gasteiger partial charge on any atom is 0.330 e. The number of rotatable bonds is 13. The van der Waals surface area contributed by atoms with Crippen LogP contribution in [-0.4, -0.2) is 92.8 Å². The molecule has 0 saturated carbocycles. The zero-order valence-electron chi connectivity index (χ0n) is 37.6. The fraction of sp³-hybridized carbons (Fsp3) is 0.277. The molecule has 0 aliphatic carbocycles. The third-order valence-electron chi connectivity index (χ3n) is 11.6. The first-order chi connectivity index (χ1) is 32.1. The molecule has 20 heteroatoms. The second kappa shape index (κ2) is 18.8. The number of hydrogen-bond donors (Lipinski definition) is 4. The van der Waals surface area contributed by atoms with Gasteiger partial charge in [0.25, 0.3) is 5.91 Å². The van der Waals surface area contributed by atoms with E-state index in [0.717, 1.165) is 22.5 Å². The van der Waals surface area contributed by atoms with Crippen LogP contribution in [0.25, 0.3) is 33.1 Å². The van der Waals surface area contributed by atoms with E-state index in [1.54, 1.807) is 61.3 Å². The van der Waals surface area contributed by atoms with E-state index in [0.29, 0.717) is 82.1 Å². The summed E-state index contributed by atoms with van der Waals surface area (Å²) < 4.78 is 19.2. The Bertz CT molecular complexity index is 3210. The first-order valence-electron chi connectivity index (χ1n) is 21.1. The fourth-order valence-electron chi connectivity index (χ4n) is 8.37. The van der Waals surface area contributed by atoms with Gasteiger partial charge in [-0.1, -0.05) is 35.0 Å². The van der Waals surface area contributed by atoms with Crippen LogP contribution >= 0.6 is 22.9 Å². The van der Waals surface area contributed by atoms with Crippen LogP contribution in [0, 0.1) is 31.6 Å². The average molecular weight is 944 g/mol. The molecule has 2 aromatic carbocycles. The molecule has 2 amide bonds. The molecule has 2 atom stereocenters. The molecule has 8 rings (SSSR count). The lowest BCUT2D eigenvalue weighted by atomic mass is 9.99. The summed E-state index contributed by atoms with van der Waals surface area (Å²) in [6.45, 7) is 8.51. The lowest BCUT2D eigenvalue weighted by molar-refractivity contribution is -0.140. The summed E-state index contributed by atoms with van der Waals surface area (Å²) in [5, 5.41) is 29.1. The predicted molar refractivity (Wildman–Crippen MR) is 257 cm³/mol. The number of fused-ring (bicyclic) bond motifs is 4. The largest absolute Gasteiger partial charge is 0.496 e. The van der Waals surface area contributed by atoms with Crippen molar-refractivity contribution in [2.75, 3.05) is 32.2 Å². The Morgan fingerprint density at radius 2 is 1.76 bits per heavy atom. The zero-order chi connectivity index (χ0) is 47.8. The van der Waals surface area contributed by atoms with Crippen LogP contribution in [-0.2, 0) is 20.9 Å². The number of hydrogen-bond acceptors (Lipinski definition) is 14. The number of ether oxygens (including phenoxy) is 2. The quantitative estimate of drug-likeness (QED) is 0.0408. The van der Waals surface area contributed by atoms with Gasteiger partial charge in [-0.05, 0) is 76.6 Å². The fourth-order valence-corrected chi connectivity index (χ4v) is 9.78. The normalized spacial score (nSPS) is 14.1. The lowest BCUT2D eigenvalue weighted by Crippen LogP contribution is -2.41. The summed E-state index contributed by atoms with van der Waals surface area (Å²) in [5.41, 5.74) is 6.04. The molecular weight excluding hydrogens is 898 g/mol. The van der Waals surface area contributed by atoms with Crippen molar-refractivity contribution in [2.45, 2.75) is 59.7 Å². The molecule has 18 nitrogen and oxygen atoms in total. The summed E-state index contributed by atoms with van der Waals surface area (Å²) in [6.07, 6.45) is 3.00. The highest BCUT2D eigenvalue weighted by Gasteiger charge is 2.36. The van der Waals surface area contributed by atoms with Crippen LogP contribution in [0.2, 0.25) is 5.02 Å². The molecule has 1 aliphatic rings. The number of amidine groups is 2. The van der Waals surface area contributed by atoms with Gasteiger partial charge < -0.3 is 24.6 Å². The van der Waals surface area contributed by atoms with Crippen LogP contribution in [0.1, 0.15) is 69.8 Å². The second-order valence-electron chi connectivity index (χ2n) is 15.9. The van der Waals surface area contributed by atoms with E-state index in [2.05, 4.69) is 20.8 Å².